The van der Waals surface area contributed by atoms with Crippen LogP contribution < -0.4 is 11.1 Å². The van der Waals surface area contributed by atoms with Gasteiger partial charge in [0.05, 0.1) is 0 Å². The zero-order valence-corrected chi connectivity index (χ0v) is 13.3. The molecule has 1 aliphatic heterocycles. The van der Waals surface area contributed by atoms with E-state index in [0.29, 0.717) is 31.2 Å². The Kier molecular flexibility index (Phi) is 5.84. The van der Waals surface area contributed by atoms with Gasteiger partial charge in [-0.1, -0.05) is 6.42 Å². The third-order valence-electron chi connectivity index (χ3n) is 5.48. The molecule has 1 aliphatic carbocycles. The maximum absolute atomic E-state index is 9.51. The number of hydrogen-bond donors (Lipinski definition) is 3. The molecule has 0 aromatic rings. The van der Waals surface area contributed by atoms with Crippen molar-refractivity contribution in [2.24, 2.45) is 11.7 Å². The van der Waals surface area contributed by atoms with Gasteiger partial charge in [0.15, 0.2) is 0 Å². The van der Waals surface area contributed by atoms with E-state index in [1.165, 1.54) is 32.2 Å². The van der Waals surface area contributed by atoms with Crippen LogP contribution in [0, 0.1) is 5.92 Å². The van der Waals surface area contributed by atoms with E-state index in [0.717, 1.165) is 19.4 Å². The molecule has 2 fully saturated rings. The molecule has 3 unspecified atom stereocenters. The Labute approximate surface area is 124 Å². The van der Waals surface area contributed by atoms with Crippen molar-refractivity contribution in [3.05, 3.63) is 0 Å². The minimum Gasteiger partial charge on any atom is -0.396 e. The third-order valence-corrected chi connectivity index (χ3v) is 5.48. The summed E-state index contributed by atoms with van der Waals surface area (Å²) in [6, 6.07) is 1.09. The fourth-order valence-electron chi connectivity index (χ4n) is 3.98. The van der Waals surface area contributed by atoms with Crippen LogP contribution in [0.5, 0.6) is 0 Å². The predicted molar refractivity (Wildman–Crippen MR) is 83.7 cm³/mol. The normalized spacial score (nSPS) is 36.5. The van der Waals surface area contributed by atoms with Crippen molar-refractivity contribution in [1.82, 2.24) is 10.2 Å². The zero-order valence-electron chi connectivity index (χ0n) is 13.3. The Morgan fingerprint density at radius 3 is 2.70 bits per heavy atom. The molecule has 4 heteroatoms. The van der Waals surface area contributed by atoms with E-state index in [4.69, 9.17) is 5.73 Å². The van der Waals surface area contributed by atoms with Crippen LogP contribution in [0.1, 0.15) is 52.4 Å². The smallest absolute Gasteiger partial charge is 0.0474 e. The summed E-state index contributed by atoms with van der Waals surface area (Å²) in [5, 5.41) is 13.4. The third kappa shape index (κ3) is 3.73. The number of hydrogen-bond acceptors (Lipinski definition) is 4. The first-order valence-electron chi connectivity index (χ1n) is 8.43. The lowest BCUT2D eigenvalue weighted by Gasteiger charge is -2.37. The fraction of sp³-hybridized carbons (Fsp3) is 1.00. The molecule has 0 radical (unpaired) electrons. The van der Waals surface area contributed by atoms with Gasteiger partial charge >= 0.3 is 0 Å². The molecule has 1 heterocycles. The molecule has 2 rings (SSSR count). The molecule has 4 N–H and O–H groups in total. The second-order valence-corrected chi connectivity index (χ2v) is 7.09. The van der Waals surface area contributed by atoms with Crippen LogP contribution in [0.2, 0.25) is 0 Å². The van der Waals surface area contributed by atoms with Gasteiger partial charge in [-0.3, -0.25) is 0 Å². The molecule has 0 bridgehead atoms. The summed E-state index contributed by atoms with van der Waals surface area (Å²) in [5.74, 6) is 0.433. The number of aliphatic hydroxyl groups is 1. The monoisotopic (exact) mass is 283 g/mol. The van der Waals surface area contributed by atoms with E-state index >= 15 is 0 Å². The SMILES string of the molecule is CC(C)N1CCCC(CN)(NC2CCCC2CO)CC1. The first-order chi connectivity index (χ1) is 9.60. The number of rotatable bonds is 5. The van der Waals surface area contributed by atoms with Crippen molar-refractivity contribution < 1.29 is 5.11 Å². The van der Waals surface area contributed by atoms with Crippen molar-refractivity contribution in [2.45, 2.75) is 70.0 Å². The van der Waals surface area contributed by atoms with Gasteiger partial charge < -0.3 is 21.1 Å². The summed E-state index contributed by atoms with van der Waals surface area (Å²) >= 11 is 0. The number of nitrogens with two attached hydrogens (primary N) is 1. The Balaban J connectivity index is 1.98. The minimum atomic E-state index is 0.0894. The van der Waals surface area contributed by atoms with Crippen molar-refractivity contribution in [2.75, 3.05) is 26.2 Å². The van der Waals surface area contributed by atoms with Gasteiger partial charge in [0, 0.05) is 37.3 Å². The molecule has 0 amide bonds. The van der Waals surface area contributed by atoms with Gasteiger partial charge in [-0.15, -0.1) is 0 Å². The lowest BCUT2D eigenvalue weighted by atomic mass is 9.88. The highest BCUT2D eigenvalue weighted by molar-refractivity contribution is 4.97. The van der Waals surface area contributed by atoms with Gasteiger partial charge in [-0.05, 0) is 58.4 Å². The van der Waals surface area contributed by atoms with Crippen molar-refractivity contribution in [3.8, 4) is 0 Å². The van der Waals surface area contributed by atoms with E-state index in [1.807, 2.05) is 0 Å². The fourth-order valence-corrected chi connectivity index (χ4v) is 3.98. The first-order valence-corrected chi connectivity index (χ1v) is 8.43. The Hall–Kier alpha value is -0.160. The number of likely N-dealkylation sites (tertiary alicyclic amines) is 1. The highest BCUT2D eigenvalue weighted by Crippen LogP contribution is 2.30. The van der Waals surface area contributed by atoms with Gasteiger partial charge in [0.2, 0.25) is 0 Å². The second-order valence-electron chi connectivity index (χ2n) is 7.09. The Morgan fingerprint density at radius 1 is 1.25 bits per heavy atom. The van der Waals surface area contributed by atoms with Crippen molar-refractivity contribution in [1.29, 1.82) is 0 Å². The Bertz CT molecular complexity index is 297. The molecule has 0 aromatic heterocycles. The van der Waals surface area contributed by atoms with Crippen molar-refractivity contribution >= 4 is 0 Å². The molecule has 3 atom stereocenters. The molecule has 118 valence electrons. The summed E-state index contributed by atoms with van der Waals surface area (Å²) in [6.07, 6.45) is 7.12. The number of aliphatic hydroxyl groups excluding tert-OH is 1. The molecule has 4 nitrogen and oxygen atoms in total. The summed E-state index contributed by atoms with van der Waals surface area (Å²) in [4.78, 5) is 2.57. The maximum atomic E-state index is 9.51. The molecular weight excluding hydrogens is 250 g/mol. The molecule has 1 saturated heterocycles. The van der Waals surface area contributed by atoms with Crippen LogP contribution in [-0.4, -0.2) is 53.9 Å². The average Bonchev–Trinajstić information content (AvgIpc) is 2.76. The molecule has 2 aliphatic rings. The average molecular weight is 283 g/mol. The maximum Gasteiger partial charge on any atom is 0.0474 e. The van der Waals surface area contributed by atoms with Crippen molar-refractivity contribution in [3.63, 3.8) is 0 Å². The van der Waals surface area contributed by atoms with Crippen LogP contribution in [0.4, 0.5) is 0 Å². The molecular formula is C16H33N3O. The summed E-state index contributed by atoms with van der Waals surface area (Å²) in [5.41, 5.74) is 6.24. The molecule has 20 heavy (non-hydrogen) atoms. The second kappa shape index (κ2) is 7.21. The van der Waals surface area contributed by atoms with Crippen LogP contribution in [0.25, 0.3) is 0 Å². The predicted octanol–water partition coefficient (Wildman–Crippen LogP) is 1.33. The standard InChI is InChI=1S/C16H33N3O/c1-13(2)19-9-4-7-16(12-17,8-10-19)18-15-6-3-5-14(15)11-20/h13-15,18,20H,3-12,17H2,1-2H3. The van der Waals surface area contributed by atoms with Crippen LogP contribution in [-0.2, 0) is 0 Å². The Morgan fingerprint density at radius 2 is 2.05 bits per heavy atom. The lowest BCUT2D eigenvalue weighted by Crippen LogP contribution is -2.56. The van der Waals surface area contributed by atoms with Crippen LogP contribution >= 0.6 is 0 Å². The van der Waals surface area contributed by atoms with Crippen LogP contribution in [0.3, 0.4) is 0 Å². The van der Waals surface area contributed by atoms with E-state index in [9.17, 15) is 5.11 Å². The zero-order chi connectivity index (χ0) is 14.6. The minimum absolute atomic E-state index is 0.0894. The molecule has 1 saturated carbocycles. The topological polar surface area (TPSA) is 61.5 Å². The highest BCUT2D eigenvalue weighted by atomic mass is 16.3. The molecule has 0 aromatic carbocycles. The van der Waals surface area contributed by atoms with Gasteiger partial charge in [0.25, 0.3) is 0 Å². The van der Waals surface area contributed by atoms with Crippen LogP contribution in [0.15, 0.2) is 0 Å². The van der Waals surface area contributed by atoms with E-state index in [1.54, 1.807) is 0 Å². The van der Waals surface area contributed by atoms with Gasteiger partial charge in [-0.25, -0.2) is 0 Å². The number of nitrogens with zero attached hydrogens (tertiary/aromatic N) is 1. The largest absolute Gasteiger partial charge is 0.396 e. The quantitative estimate of drug-likeness (QED) is 0.712. The first kappa shape index (κ1) is 16.2. The summed E-state index contributed by atoms with van der Waals surface area (Å²) in [7, 11) is 0. The summed E-state index contributed by atoms with van der Waals surface area (Å²) < 4.78 is 0. The molecule has 0 spiro atoms. The summed E-state index contributed by atoms with van der Waals surface area (Å²) in [6.45, 7) is 7.92. The van der Waals surface area contributed by atoms with E-state index in [2.05, 4.69) is 24.1 Å². The van der Waals surface area contributed by atoms with E-state index < -0.39 is 0 Å². The lowest BCUT2D eigenvalue weighted by molar-refractivity contribution is 0.168. The van der Waals surface area contributed by atoms with Gasteiger partial charge in [-0.2, -0.15) is 0 Å². The van der Waals surface area contributed by atoms with E-state index in [-0.39, 0.29) is 5.54 Å². The number of nitrogens with one attached hydrogen (secondary N) is 1. The highest BCUT2D eigenvalue weighted by Gasteiger charge is 2.37. The van der Waals surface area contributed by atoms with Gasteiger partial charge in [0.1, 0.15) is 0 Å².